The molecular formula is C7H12N2O2. The van der Waals surface area contributed by atoms with Gasteiger partial charge in [-0.2, -0.15) is 5.26 Å². The van der Waals surface area contributed by atoms with Crippen molar-refractivity contribution < 1.29 is 9.90 Å². The molecule has 4 heteroatoms. The number of nitrogens with zero attached hydrogens (tertiary/aromatic N) is 2. The molecule has 4 nitrogen and oxygen atoms in total. The number of aliphatic carboxylic acids is 1. The number of hydrogen-bond donors (Lipinski definition) is 1. The van der Waals surface area contributed by atoms with E-state index in [0.29, 0.717) is 13.0 Å². The van der Waals surface area contributed by atoms with Crippen LogP contribution in [-0.4, -0.2) is 36.1 Å². The summed E-state index contributed by atoms with van der Waals surface area (Å²) in [6.07, 6.45) is 1.23. The van der Waals surface area contributed by atoms with Gasteiger partial charge in [-0.1, -0.05) is 0 Å². The number of nitriles is 1. The molecule has 1 N–H and O–H groups in total. The lowest BCUT2D eigenvalue weighted by Gasteiger charge is -2.11. The molecule has 0 aromatic rings. The van der Waals surface area contributed by atoms with Crippen LogP contribution in [0.1, 0.15) is 12.8 Å². The molecule has 0 saturated carbocycles. The summed E-state index contributed by atoms with van der Waals surface area (Å²) in [6.45, 7) is 0.714. The Labute approximate surface area is 66.0 Å². The first-order chi connectivity index (χ1) is 5.16. The van der Waals surface area contributed by atoms with Crippen molar-refractivity contribution in [1.82, 2.24) is 4.90 Å². The normalized spacial score (nSPS) is 9.55. The Morgan fingerprint density at radius 3 is 2.82 bits per heavy atom. The quantitative estimate of drug-likeness (QED) is 0.582. The first-order valence-corrected chi connectivity index (χ1v) is 3.44. The van der Waals surface area contributed by atoms with E-state index in [1.54, 1.807) is 11.9 Å². The Hall–Kier alpha value is -1.08. The lowest BCUT2D eigenvalue weighted by Crippen LogP contribution is -2.26. The Balaban J connectivity index is 3.31. The Morgan fingerprint density at radius 2 is 2.36 bits per heavy atom. The SMILES string of the molecule is CN(CCCC#N)CC(=O)O. The van der Waals surface area contributed by atoms with Crippen molar-refractivity contribution in [1.29, 1.82) is 5.26 Å². The fourth-order valence-corrected chi connectivity index (χ4v) is 0.738. The van der Waals surface area contributed by atoms with Gasteiger partial charge >= 0.3 is 5.97 Å². The van der Waals surface area contributed by atoms with Crippen molar-refractivity contribution in [2.45, 2.75) is 12.8 Å². The molecule has 0 bridgehead atoms. The highest BCUT2D eigenvalue weighted by Gasteiger charge is 2.02. The fourth-order valence-electron chi connectivity index (χ4n) is 0.738. The van der Waals surface area contributed by atoms with Crippen LogP contribution < -0.4 is 0 Å². The molecule has 0 atom stereocenters. The summed E-state index contributed by atoms with van der Waals surface area (Å²) in [4.78, 5) is 11.8. The maximum Gasteiger partial charge on any atom is 0.317 e. The van der Waals surface area contributed by atoms with E-state index in [1.807, 2.05) is 6.07 Å². The van der Waals surface area contributed by atoms with Gasteiger partial charge in [-0.3, -0.25) is 9.69 Å². The van der Waals surface area contributed by atoms with Gasteiger partial charge in [0.05, 0.1) is 12.6 Å². The van der Waals surface area contributed by atoms with Gasteiger partial charge in [-0.05, 0) is 20.0 Å². The van der Waals surface area contributed by atoms with Gasteiger partial charge in [0.25, 0.3) is 0 Å². The van der Waals surface area contributed by atoms with E-state index in [1.165, 1.54) is 0 Å². The van der Waals surface area contributed by atoms with E-state index in [4.69, 9.17) is 10.4 Å². The Morgan fingerprint density at radius 1 is 1.73 bits per heavy atom. The summed E-state index contributed by atoms with van der Waals surface area (Å²) in [6, 6.07) is 2.00. The molecule has 0 spiro atoms. The van der Waals surface area contributed by atoms with Gasteiger partial charge in [0.15, 0.2) is 0 Å². The van der Waals surface area contributed by atoms with Crippen molar-refractivity contribution in [3.05, 3.63) is 0 Å². The zero-order valence-electron chi connectivity index (χ0n) is 6.58. The van der Waals surface area contributed by atoms with E-state index in [0.717, 1.165) is 6.42 Å². The molecule has 0 aliphatic heterocycles. The predicted molar refractivity (Wildman–Crippen MR) is 40.0 cm³/mol. The third-order valence-corrected chi connectivity index (χ3v) is 1.23. The number of unbranched alkanes of at least 4 members (excludes halogenated alkanes) is 1. The maximum absolute atomic E-state index is 10.1. The predicted octanol–water partition coefficient (Wildman–Crippen LogP) is 0.307. The van der Waals surface area contributed by atoms with Crippen LogP contribution in [0.15, 0.2) is 0 Å². The minimum Gasteiger partial charge on any atom is -0.480 e. The zero-order valence-corrected chi connectivity index (χ0v) is 6.58. The third-order valence-electron chi connectivity index (χ3n) is 1.23. The second-order valence-electron chi connectivity index (χ2n) is 2.39. The molecule has 0 radical (unpaired) electrons. The summed E-state index contributed by atoms with van der Waals surface area (Å²) >= 11 is 0. The Kier molecular flexibility index (Phi) is 5.13. The lowest BCUT2D eigenvalue weighted by molar-refractivity contribution is -0.137. The average Bonchev–Trinajstić information content (AvgIpc) is 1.86. The fraction of sp³-hybridized carbons (Fsp3) is 0.714. The van der Waals surface area contributed by atoms with Crippen LogP contribution in [-0.2, 0) is 4.79 Å². The van der Waals surface area contributed by atoms with Crippen LogP contribution in [0.2, 0.25) is 0 Å². The van der Waals surface area contributed by atoms with E-state index in [-0.39, 0.29) is 6.54 Å². The smallest absolute Gasteiger partial charge is 0.317 e. The van der Waals surface area contributed by atoms with Gasteiger partial charge in [-0.15, -0.1) is 0 Å². The molecule has 62 valence electrons. The first-order valence-electron chi connectivity index (χ1n) is 3.44. The minimum atomic E-state index is -0.829. The Bertz CT molecular complexity index is 162. The first kappa shape index (κ1) is 9.92. The van der Waals surface area contributed by atoms with Crippen molar-refractivity contribution in [3.63, 3.8) is 0 Å². The molecule has 0 aromatic heterocycles. The largest absolute Gasteiger partial charge is 0.480 e. The maximum atomic E-state index is 10.1. The van der Waals surface area contributed by atoms with Gasteiger partial charge < -0.3 is 5.11 Å². The number of carbonyl (C=O) groups is 1. The van der Waals surface area contributed by atoms with Crippen LogP contribution in [0.5, 0.6) is 0 Å². The highest BCUT2D eigenvalue weighted by Crippen LogP contribution is 1.90. The topological polar surface area (TPSA) is 64.3 Å². The number of carboxylic acid groups (broad SMARTS) is 1. The molecule has 0 amide bonds. The summed E-state index contributed by atoms with van der Waals surface area (Å²) in [5.74, 6) is -0.829. The van der Waals surface area contributed by atoms with Crippen LogP contribution in [0.3, 0.4) is 0 Å². The minimum absolute atomic E-state index is 0.0471. The van der Waals surface area contributed by atoms with Crippen LogP contribution in [0.25, 0.3) is 0 Å². The summed E-state index contributed by atoms with van der Waals surface area (Å²) in [5.41, 5.74) is 0. The molecule has 0 saturated heterocycles. The van der Waals surface area contributed by atoms with Crippen LogP contribution >= 0.6 is 0 Å². The van der Waals surface area contributed by atoms with Crippen LogP contribution in [0.4, 0.5) is 0 Å². The van der Waals surface area contributed by atoms with E-state index >= 15 is 0 Å². The molecule has 0 unspecified atom stereocenters. The molecule has 0 rings (SSSR count). The lowest BCUT2D eigenvalue weighted by atomic mass is 10.3. The summed E-state index contributed by atoms with van der Waals surface area (Å²) in [7, 11) is 1.73. The number of hydrogen-bond acceptors (Lipinski definition) is 3. The molecule has 0 heterocycles. The summed E-state index contributed by atoms with van der Waals surface area (Å²) < 4.78 is 0. The second-order valence-corrected chi connectivity index (χ2v) is 2.39. The van der Waals surface area contributed by atoms with E-state index in [9.17, 15) is 4.79 Å². The van der Waals surface area contributed by atoms with Crippen LogP contribution in [0, 0.1) is 11.3 Å². The van der Waals surface area contributed by atoms with Crippen molar-refractivity contribution in [3.8, 4) is 6.07 Å². The average molecular weight is 156 g/mol. The molecular weight excluding hydrogens is 144 g/mol. The van der Waals surface area contributed by atoms with Crippen molar-refractivity contribution in [2.24, 2.45) is 0 Å². The number of carboxylic acids is 1. The van der Waals surface area contributed by atoms with Gasteiger partial charge in [0.1, 0.15) is 0 Å². The number of likely N-dealkylation sites (N-methyl/N-ethyl adjacent to an activating group) is 1. The highest BCUT2D eigenvalue weighted by molar-refractivity contribution is 5.68. The van der Waals surface area contributed by atoms with E-state index in [2.05, 4.69) is 0 Å². The third kappa shape index (κ3) is 6.81. The summed E-state index contributed by atoms with van der Waals surface area (Å²) in [5, 5.41) is 16.5. The number of rotatable bonds is 5. The molecule has 0 aliphatic rings. The van der Waals surface area contributed by atoms with Gasteiger partial charge in [0, 0.05) is 6.42 Å². The van der Waals surface area contributed by atoms with E-state index < -0.39 is 5.97 Å². The monoisotopic (exact) mass is 156 g/mol. The molecule has 11 heavy (non-hydrogen) atoms. The van der Waals surface area contributed by atoms with Crippen molar-refractivity contribution >= 4 is 5.97 Å². The standard InChI is InChI=1S/C7H12N2O2/c1-9(6-7(10)11)5-3-2-4-8/h2-3,5-6H2,1H3,(H,10,11). The highest BCUT2D eigenvalue weighted by atomic mass is 16.4. The molecule has 0 aromatic carbocycles. The van der Waals surface area contributed by atoms with Crippen molar-refractivity contribution in [2.75, 3.05) is 20.1 Å². The molecule has 0 aliphatic carbocycles. The van der Waals surface area contributed by atoms with Gasteiger partial charge in [-0.25, -0.2) is 0 Å². The molecule has 0 fully saturated rings. The second kappa shape index (κ2) is 5.69. The zero-order chi connectivity index (χ0) is 8.69. The van der Waals surface area contributed by atoms with Gasteiger partial charge in [0.2, 0.25) is 0 Å².